The summed E-state index contributed by atoms with van der Waals surface area (Å²) in [6.45, 7) is -0.433. The fourth-order valence-corrected chi connectivity index (χ4v) is 2.88. The standard InChI is InChI=1S/C22H18ClNO4/c1-27-20-12-11-16(23)13-19(20)24-21(25)14-28-22(26)18-10-6-5-9-17(18)15-7-3-2-4-8-15/h2-13H,14H2,1H3,(H,24,25). The molecule has 0 saturated heterocycles. The number of nitrogens with one attached hydrogen (secondary N) is 1. The van der Waals surface area contributed by atoms with Gasteiger partial charge in [-0.25, -0.2) is 4.79 Å². The Hall–Kier alpha value is -3.31. The van der Waals surface area contributed by atoms with Crippen molar-refractivity contribution < 1.29 is 19.1 Å². The number of esters is 1. The largest absolute Gasteiger partial charge is 0.495 e. The summed E-state index contributed by atoms with van der Waals surface area (Å²) >= 11 is 5.95. The number of rotatable bonds is 6. The first-order valence-electron chi connectivity index (χ1n) is 8.53. The van der Waals surface area contributed by atoms with Gasteiger partial charge in [0.15, 0.2) is 6.61 Å². The van der Waals surface area contributed by atoms with Gasteiger partial charge in [-0.15, -0.1) is 0 Å². The normalized spacial score (nSPS) is 10.2. The third kappa shape index (κ3) is 4.69. The van der Waals surface area contributed by atoms with E-state index in [-0.39, 0.29) is 0 Å². The molecular formula is C22H18ClNO4. The maximum absolute atomic E-state index is 12.5. The Morgan fingerprint density at radius 3 is 2.43 bits per heavy atom. The molecule has 0 saturated carbocycles. The van der Waals surface area contributed by atoms with Crippen LogP contribution in [0.15, 0.2) is 72.8 Å². The van der Waals surface area contributed by atoms with Crippen LogP contribution in [0.3, 0.4) is 0 Å². The SMILES string of the molecule is COc1ccc(Cl)cc1NC(=O)COC(=O)c1ccccc1-c1ccccc1. The van der Waals surface area contributed by atoms with Crippen molar-refractivity contribution in [3.8, 4) is 16.9 Å². The van der Waals surface area contributed by atoms with Gasteiger partial charge in [-0.2, -0.15) is 0 Å². The first-order valence-corrected chi connectivity index (χ1v) is 8.91. The van der Waals surface area contributed by atoms with E-state index in [9.17, 15) is 9.59 Å². The lowest BCUT2D eigenvalue weighted by atomic mass is 10.00. The Labute approximate surface area is 167 Å². The van der Waals surface area contributed by atoms with Crippen molar-refractivity contribution in [1.82, 2.24) is 0 Å². The summed E-state index contributed by atoms with van der Waals surface area (Å²) in [7, 11) is 1.49. The molecule has 0 unspecified atom stereocenters. The van der Waals surface area contributed by atoms with Crippen LogP contribution < -0.4 is 10.1 Å². The Bertz CT molecular complexity index is 989. The van der Waals surface area contributed by atoms with Crippen molar-refractivity contribution in [3.63, 3.8) is 0 Å². The number of carbonyl (C=O) groups excluding carboxylic acids is 2. The number of hydrogen-bond donors (Lipinski definition) is 1. The van der Waals surface area contributed by atoms with Crippen molar-refractivity contribution >= 4 is 29.2 Å². The zero-order chi connectivity index (χ0) is 19.9. The number of hydrogen-bond acceptors (Lipinski definition) is 4. The van der Waals surface area contributed by atoms with Gasteiger partial charge in [0.2, 0.25) is 0 Å². The third-order valence-corrected chi connectivity index (χ3v) is 4.24. The zero-order valence-corrected chi connectivity index (χ0v) is 15.9. The molecule has 3 aromatic rings. The number of methoxy groups -OCH3 is 1. The van der Waals surface area contributed by atoms with Crippen molar-refractivity contribution in [2.45, 2.75) is 0 Å². The number of amides is 1. The highest BCUT2D eigenvalue weighted by molar-refractivity contribution is 6.31. The summed E-state index contributed by atoms with van der Waals surface area (Å²) in [6.07, 6.45) is 0. The fourth-order valence-electron chi connectivity index (χ4n) is 2.70. The monoisotopic (exact) mass is 395 g/mol. The van der Waals surface area contributed by atoms with E-state index in [1.165, 1.54) is 7.11 Å². The van der Waals surface area contributed by atoms with Crippen LogP contribution in [0.5, 0.6) is 5.75 Å². The second kappa shape index (κ2) is 9.06. The predicted molar refractivity (Wildman–Crippen MR) is 109 cm³/mol. The summed E-state index contributed by atoms with van der Waals surface area (Å²) < 4.78 is 10.4. The molecule has 5 nitrogen and oxygen atoms in total. The highest BCUT2D eigenvalue weighted by atomic mass is 35.5. The van der Waals surface area contributed by atoms with Gasteiger partial charge >= 0.3 is 5.97 Å². The fraction of sp³-hybridized carbons (Fsp3) is 0.0909. The summed E-state index contributed by atoms with van der Waals surface area (Å²) in [6, 6.07) is 21.4. The smallest absolute Gasteiger partial charge is 0.339 e. The molecule has 1 amide bonds. The van der Waals surface area contributed by atoms with Crippen molar-refractivity contribution in [2.24, 2.45) is 0 Å². The molecule has 1 N–H and O–H groups in total. The van der Waals surface area contributed by atoms with Crippen LogP contribution in [0, 0.1) is 0 Å². The van der Waals surface area contributed by atoms with Crippen molar-refractivity contribution in [3.05, 3.63) is 83.4 Å². The van der Waals surface area contributed by atoms with Gasteiger partial charge in [0.1, 0.15) is 5.75 Å². The number of ether oxygens (including phenoxy) is 2. The van der Waals surface area contributed by atoms with Crippen LogP contribution in [-0.2, 0) is 9.53 Å². The number of benzene rings is 3. The molecule has 0 radical (unpaired) electrons. The first-order chi connectivity index (χ1) is 13.6. The molecule has 3 rings (SSSR count). The molecule has 142 valence electrons. The predicted octanol–water partition coefficient (Wildman–Crippen LogP) is 4.81. The number of halogens is 1. The van der Waals surface area contributed by atoms with Gasteiger partial charge in [0, 0.05) is 5.02 Å². The molecule has 3 aromatic carbocycles. The molecular weight excluding hydrogens is 378 g/mol. The number of anilines is 1. The highest BCUT2D eigenvalue weighted by Crippen LogP contribution is 2.28. The molecule has 6 heteroatoms. The Morgan fingerprint density at radius 2 is 1.68 bits per heavy atom. The first kappa shape index (κ1) is 19.5. The minimum absolute atomic E-state index is 0.391. The Kier molecular flexibility index (Phi) is 6.29. The molecule has 0 spiro atoms. The lowest BCUT2D eigenvalue weighted by molar-refractivity contribution is -0.119. The average molecular weight is 396 g/mol. The molecule has 0 fully saturated rings. The van der Waals surface area contributed by atoms with E-state index < -0.39 is 18.5 Å². The highest BCUT2D eigenvalue weighted by Gasteiger charge is 2.16. The topological polar surface area (TPSA) is 64.6 Å². The Morgan fingerprint density at radius 1 is 0.964 bits per heavy atom. The third-order valence-electron chi connectivity index (χ3n) is 4.00. The van der Waals surface area contributed by atoms with Crippen LogP contribution >= 0.6 is 11.6 Å². The summed E-state index contributed by atoms with van der Waals surface area (Å²) in [5, 5.41) is 3.08. The van der Waals surface area contributed by atoms with E-state index in [0.717, 1.165) is 11.1 Å². The zero-order valence-electron chi connectivity index (χ0n) is 15.1. The second-order valence-electron chi connectivity index (χ2n) is 5.88. The molecule has 28 heavy (non-hydrogen) atoms. The van der Waals surface area contributed by atoms with Gasteiger partial charge < -0.3 is 14.8 Å². The van der Waals surface area contributed by atoms with Gasteiger partial charge in [0.25, 0.3) is 5.91 Å². The van der Waals surface area contributed by atoms with Crippen LogP contribution in [0.1, 0.15) is 10.4 Å². The van der Waals surface area contributed by atoms with Gasteiger partial charge in [-0.1, -0.05) is 60.1 Å². The molecule has 0 bridgehead atoms. The summed E-state index contributed by atoms with van der Waals surface area (Å²) in [5.41, 5.74) is 2.43. The lowest BCUT2D eigenvalue weighted by Gasteiger charge is -2.12. The van der Waals surface area contributed by atoms with Crippen LogP contribution in [0.25, 0.3) is 11.1 Å². The van der Waals surface area contributed by atoms with E-state index in [0.29, 0.717) is 22.0 Å². The van der Waals surface area contributed by atoms with Crippen LogP contribution in [-0.4, -0.2) is 25.6 Å². The average Bonchev–Trinajstić information content (AvgIpc) is 2.73. The molecule has 0 aliphatic heterocycles. The summed E-state index contributed by atoms with van der Waals surface area (Å²) in [5.74, 6) is -0.614. The maximum atomic E-state index is 12.5. The van der Waals surface area contributed by atoms with E-state index >= 15 is 0 Å². The molecule has 0 heterocycles. The summed E-state index contributed by atoms with van der Waals surface area (Å²) in [4.78, 5) is 24.7. The molecule has 0 aliphatic carbocycles. The van der Waals surface area contributed by atoms with Gasteiger partial charge in [-0.3, -0.25) is 4.79 Å². The van der Waals surface area contributed by atoms with Crippen molar-refractivity contribution in [1.29, 1.82) is 0 Å². The van der Waals surface area contributed by atoms with Crippen molar-refractivity contribution in [2.75, 3.05) is 19.0 Å². The van der Waals surface area contributed by atoms with E-state index in [4.69, 9.17) is 21.1 Å². The Balaban J connectivity index is 1.68. The minimum atomic E-state index is -0.576. The molecule has 0 aliphatic rings. The van der Waals surface area contributed by atoms with Gasteiger partial charge in [-0.05, 0) is 35.4 Å². The minimum Gasteiger partial charge on any atom is -0.495 e. The van der Waals surface area contributed by atoms with Crippen LogP contribution in [0.4, 0.5) is 5.69 Å². The quantitative estimate of drug-likeness (QED) is 0.608. The number of carbonyl (C=O) groups is 2. The van der Waals surface area contributed by atoms with E-state index in [1.54, 1.807) is 30.3 Å². The van der Waals surface area contributed by atoms with E-state index in [2.05, 4.69) is 5.32 Å². The van der Waals surface area contributed by atoms with Crippen LogP contribution in [0.2, 0.25) is 5.02 Å². The lowest BCUT2D eigenvalue weighted by Crippen LogP contribution is -2.21. The molecule has 0 aromatic heterocycles. The molecule has 0 atom stereocenters. The van der Waals surface area contributed by atoms with E-state index in [1.807, 2.05) is 42.5 Å². The maximum Gasteiger partial charge on any atom is 0.339 e. The van der Waals surface area contributed by atoms with Gasteiger partial charge in [0.05, 0.1) is 18.4 Å². The second-order valence-corrected chi connectivity index (χ2v) is 6.32.